The Morgan fingerprint density at radius 3 is 2.80 bits per heavy atom. The quantitative estimate of drug-likeness (QED) is 0.847. The van der Waals surface area contributed by atoms with Gasteiger partial charge in [-0.15, -0.1) is 0 Å². The highest BCUT2D eigenvalue weighted by Gasteiger charge is 2.10. The Morgan fingerprint density at radius 2 is 2.25 bits per heavy atom. The molecule has 0 saturated carbocycles. The molecular weight excluding hydrogens is 254 g/mol. The van der Waals surface area contributed by atoms with Gasteiger partial charge >= 0.3 is 0 Å². The number of nitrogens with two attached hydrogens (primary N) is 2. The fourth-order valence-corrected chi connectivity index (χ4v) is 2.00. The zero-order valence-electron chi connectivity index (χ0n) is 11.7. The van der Waals surface area contributed by atoms with Crippen LogP contribution in [0.1, 0.15) is 35.0 Å². The predicted octanol–water partition coefficient (Wildman–Crippen LogP) is 0.954. The monoisotopic (exact) mass is 273 g/mol. The minimum Gasteiger partial charge on any atom is -0.364 e. The summed E-state index contributed by atoms with van der Waals surface area (Å²) in [5.41, 5.74) is 13.4. The topological polar surface area (TPSA) is 99.8 Å². The van der Waals surface area contributed by atoms with Crippen molar-refractivity contribution in [3.05, 3.63) is 41.3 Å². The second-order valence-electron chi connectivity index (χ2n) is 4.87. The van der Waals surface area contributed by atoms with Crippen molar-refractivity contribution in [2.45, 2.75) is 32.7 Å². The van der Waals surface area contributed by atoms with Crippen molar-refractivity contribution in [2.24, 2.45) is 11.5 Å². The lowest BCUT2D eigenvalue weighted by Gasteiger charge is -2.11. The van der Waals surface area contributed by atoms with Crippen LogP contribution in [0.3, 0.4) is 0 Å². The molecule has 20 heavy (non-hydrogen) atoms. The van der Waals surface area contributed by atoms with E-state index in [1.807, 2.05) is 13.0 Å². The van der Waals surface area contributed by atoms with Gasteiger partial charge in [-0.2, -0.15) is 5.10 Å². The predicted molar refractivity (Wildman–Crippen MR) is 76.6 cm³/mol. The van der Waals surface area contributed by atoms with Gasteiger partial charge in [-0.25, -0.2) is 9.67 Å². The number of aryl methyl sites for hydroxylation is 1. The molecule has 2 heterocycles. The molecule has 1 atom stereocenters. The Bertz CT molecular complexity index is 620. The van der Waals surface area contributed by atoms with Gasteiger partial charge in [-0.3, -0.25) is 4.79 Å². The number of hydrogen-bond acceptors (Lipinski definition) is 4. The van der Waals surface area contributed by atoms with Crippen LogP contribution >= 0.6 is 0 Å². The van der Waals surface area contributed by atoms with Crippen molar-refractivity contribution in [1.29, 1.82) is 0 Å². The van der Waals surface area contributed by atoms with Crippen molar-refractivity contribution in [1.82, 2.24) is 14.8 Å². The fraction of sp³-hybridized carbons (Fsp3) is 0.357. The number of carbonyl (C=O) groups excluding carboxylic acids is 1. The first-order valence-corrected chi connectivity index (χ1v) is 6.58. The largest absolute Gasteiger partial charge is 0.364 e. The zero-order chi connectivity index (χ0) is 14.7. The molecule has 0 aromatic carbocycles. The number of hydrogen-bond donors (Lipinski definition) is 2. The van der Waals surface area contributed by atoms with Crippen LogP contribution in [0.15, 0.2) is 24.5 Å². The maximum absolute atomic E-state index is 11.1. The smallest absolute Gasteiger partial charge is 0.269 e. The van der Waals surface area contributed by atoms with Crippen LogP contribution in [-0.2, 0) is 6.42 Å². The van der Waals surface area contributed by atoms with Crippen LogP contribution in [0.5, 0.6) is 0 Å². The number of nitrogens with zero attached hydrogens (tertiary/aromatic N) is 3. The van der Waals surface area contributed by atoms with Gasteiger partial charge in [0.2, 0.25) is 0 Å². The Kier molecular flexibility index (Phi) is 4.14. The van der Waals surface area contributed by atoms with Gasteiger partial charge in [-0.1, -0.05) is 13.0 Å². The van der Waals surface area contributed by atoms with Crippen LogP contribution < -0.4 is 11.5 Å². The molecule has 0 saturated heterocycles. The average molecular weight is 273 g/mol. The molecule has 0 spiro atoms. The van der Waals surface area contributed by atoms with E-state index in [1.165, 1.54) is 0 Å². The van der Waals surface area contributed by atoms with E-state index in [0.717, 1.165) is 24.0 Å². The van der Waals surface area contributed by atoms with Gasteiger partial charge in [0.15, 0.2) is 5.82 Å². The second-order valence-corrected chi connectivity index (χ2v) is 4.87. The van der Waals surface area contributed by atoms with E-state index in [0.29, 0.717) is 5.82 Å². The van der Waals surface area contributed by atoms with E-state index in [1.54, 1.807) is 23.1 Å². The maximum atomic E-state index is 11.1. The van der Waals surface area contributed by atoms with E-state index in [4.69, 9.17) is 11.5 Å². The summed E-state index contributed by atoms with van der Waals surface area (Å²) < 4.78 is 1.55. The molecule has 106 valence electrons. The molecule has 6 heteroatoms. The molecule has 2 aromatic heterocycles. The molecule has 0 radical (unpaired) electrons. The van der Waals surface area contributed by atoms with Crippen LogP contribution in [0, 0.1) is 6.92 Å². The van der Waals surface area contributed by atoms with E-state index in [-0.39, 0.29) is 11.7 Å². The molecule has 1 amide bonds. The standard InChI is InChI=1S/C14H19N5O/c1-3-11(15)7-10-6-9(2)14(17-8-10)19-5-4-12(18-19)13(16)20/h4-6,8,11H,3,7,15H2,1-2H3,(H2,16,20). The van der Waals surface area contributed by atoms with Crippen LogP contribution in [0.4, 0.5) is 0 Å². The van der Waals surface area contributed by atoms with Crippen LogP contribution in [0.25, 0.3) is 5.82 Å². The molecule has 4 N–H and O–H groups in total. The summed E-state index contributed by atoms with van der Waals surface area (Å²) >= 11 is 0. The highest BCUT2D eigenvalue weighted by molar-refractivity contribution is 5.90. The Balaban J connectivity index is 2.26. The van der Waals surface area contributed by atoms with Crippen LogP contribution in [-0.4, -0.2) is 26.7 Å². The van der Waals surface area contributed by atoms with Crippen molar-refractivity contribution >= 4 is 5.91 Å². The highest BCUT2D eigenvalue weighted by Crippen LogP contribution is 2.14. The molecule has 0 aliphatic rings. The third-order valence-electron chi connectivity index (χ3n) is 3.19. The summed E-state index contributed by atoms with van der Waals surface area (Å²) in [5.74, 6) is 0.137. The minimum absolute atomic E-state index is 0.146. The first-order valence-electron chi connectivity index (χ1n) is 6.58. The van der Waals surface area contributed by atoms with E-state index >= 15 is 0 Å². The average Bonchev–Trinajstić information content (AvgIpc) is 2.88. The summed E-state index contributed by atoms with van der Waals surface area (Å²) in [6.07, 6.45) is 5.20. The summed E-state index contributed by atoms with van der Waals surface area (Å²) in [5, 5.41) is 4.10. The second kappa shape index (κ2) is 5.83. The Hall–Kier alpha value is -2.21. The lowest BCUT2D eigenvalue weighted by molar-refractivity contribution is 0.0995. The van der Waals surface area contributed by atoms with E-state index in [9.17, 15) is 4.79 Å². The molecule has 6 nitrogen and oxygen atoms in total. The third kappa shape index (κ3) is 3.03. The Morgan fingerprint density at radius 1 is 1.50 bits per heavy atom. The van der Waals surface area contributed by atoms with Crippen LogP contribution in [0.2, 0.25) is 0 Å². The van der Waals surface area contributed by atoms with Gasteiger partial charge in [0.25, 0.3) is 5.91 Å². The SMILES string of the molecule is CCC(N)Cc1cnc(-n2ccc(C(N)=O)n2)c(C)c1. The number of primary amides is 1. The van der Waals surface area contributed by atoms with E-state index < -0.39 is 5.91 Å². The molecule has 2 aromatic rings. The van der Waals surface area contributed by atoms with Gasteiger partial charge in [0.05, 0.1) is 0 Å². The first kappa shape index (κ1) is 14.2. The number of pyridine rings is 1. The molecular formula is C14H19N5O. The van der Waals surface area contributed by atoms with Gasteiger partial charge < -0.3 is 11.5 Å². The number of aromatic nitrogens is 3. The van der Waals surface area contributed by atoms with E-state index in [2.05, 4.69) is 17.0 Å². The third-order valence-corrected chi connectivity index (χ3v) is 3.19. The van der Waals surface area contributed by atoms with Gasteiger partial charge in [-0.05, 0) is 37.0 Å². The molecule has 0 aliphatic carbocycles. The van der Waals surface area contributed by atoms with Crippen molar-refractivity contribution in [3.8, 4) is 5.82 Å². The normalized spacial score (nSPS) is 12.3. The van der Waals surface area contributed by atoms with Gasteiger partial charge in [0, 0.05) is 18.4 Å². The molecule has 0 aliphatic heterocycles. The summed E-state index contributed by atoms with van der Waals surface area (Å²) in [7, 11) is 0. The van der Waals surface area contributed by atoms with Crippen molar-refractivity contribution < 1.29 is 4.79 Å². The van der Waals surface area contributed by atoms with Crippen molar-refractivity contribution in [2.75, 3.05) is 0 Å². The summed E-state index contributed by atoms with van der Waals surface area (Å²) in [6, 6.07) is 3.77. The molecule has 0 bridgehead atoms. The minimum atomic E-state index is -0.549. The highest BCUT2D eigenvalue weighted by atomic mass is 16.1. The number of carbonyl (C=O) groups is 1. The summed E-state index contributed by atoms with van der Waals surface area (Å²) in [4.78, 5) is 15.5. The first-order chi connectivity index (χ1) is 9.51. The molecule has 1 unspecified atom stereocenters. The maximum Gasteiger partial charge on any atom is 0.269 e. The molecule has 0 fully saturated rings. The fourth-order valence-electron chi connectivity index (χ4n) is 2.00. The number of rotatable bonds is 5. The lowest BCUT2D eigenvalue weighted by atomic mass is 10.1. The molecule has 2 rings (SSSR count). The number of amides is 1. The summed E-state index contributed by atoms with van der Waals surface area (Å²) in [6.45, 7) is 4.02. The van der Waals surface area contributed by atoms with Gasteiger partial charge in [0.1, 0.15) is 5.69 Å². The Labute approximate surface area is 117 Å². The zero-order valence-corrected chi connectivity index (χ0v) is 11.7. The lowest BCUT2D eigenvalue weighted by Crippen LogP contribution is -2.21. The van der Waals surface area contributed by atoms with Crippen molar-refractivity contribution in [3.63, 3.8) is 0 Å².